The van der Waals surface area contributed by atoms with Gasteiger partial charge >= 0.3 is 0 Å². The molecule has 0 fully saturated rings. The van der Waals surface area contributed by atoms with Gasteiger partial charge in [0.15, 0.2) is 0 Å². The van der Waals surface area contributed by atoms with E-state index in [2.05, 4.69) is 10.4 Å². The molecule has 1 N–H and O–H groups in total. The van der Waals surface area contributed by atoms with Gasteiger partial charge < -0.3 is 5.32 Å². The monoisotopic (exact) mass is 336 g/mol. The molecule has 0 aliphatic rings. The Balaban J connectivity index is 1.73. The predicted molar refractivity (Wildman–Crippen MR) is 91.9 cm³/mol. The van der Waals surface area contributed by atoms with Crippen molar-refractivity contribution in [1.29, 1.82) is 5.26 Å². The number of amides is 1. The fourth-order valence-corrected chi connectivity index (χ4v) is 2.34. The Morgan fingerprint density at radius 1 is 1.12 bits per heavy atom. The highest BCUT2D eigenvalue weighted by molar-refractivity contribution is 6.30. The van der Waals surface area contributed by atoms with Crippen molar-refractivity contribution >= 4 is 23.3 Å². The Hall–Kier alpha value is -3.10. The average Bonchev–Trinajstić information content (AvgIpc) is 3.03. The molecule has 0 unspecified atom stereocenters. The van der Waals surface area contributed by atoms with Gasteiger partial charge in [-0.1, -0.05) is 23.7 Å². The first-order valence-corrected chi connectivity index (χ1v) is 7.61. The molecule has 2 aromatic carbocycles. The summed E-state index contributed by atoms with van der Waals surface area (Å²) in [5.74, 6) is 0.344. The molecule has 0 saturated carbocycles. The fraction of sp³-hybridized carbons (Fsp3) is 0.0556. The molecule has 3 aromatic rings. The number of aromatic nitrogens is 2. The smallest absolute Gasteiger partial charge is 0.256 e. The number of hydrogen-bond donors (Lipinski definition) is 1. The van der Waals surface area contributed by atoms with E-state index < -0.39 is 0 Å². The highest BCUT2D eigenvalue weighted by atomic mass is 35.5. The second kappa shape index (κ2) is 6.99. The SMILES string of the molecule is N#Cc1ccc(C(=O)Nc2ccnn2Cc2ccc(Cl)cc2)cc1. The standard InChI is InChI=1S/C18H13ClN4O/c19-16-7-3-14(4-8-16)12-23-17(9-10-21-23)22-18(24)15-5-1-13(11-20)2-6-15/h1-10H,12H2,(H,22,24). The molecule has 0 atom stereocenters. The maximum atomic E-state index is 12.3. The van der Waals surface area contributed by atoms with Crippen molar-refractivity contribution in [2.45, 2.75) is 6.54 Å². The molecule has 0 bridgehead atoms. The molecule has 24 heavy (non-hydrogen) atoms. The molecule has 0 aliphatic carbocycles. The molecule has 1 aromatic heterocycles. The molecular weight excluding hydrogens is 324 g/mol. The van der Waals surface area contributed by atoms with Crippen molar-refractivity contribution in [3.05, 3.63) is 82.5 Å². The minimum Gasteiger partial charge on any atom is -0.307 e. The molecule has 1 heterocycles. The molecule has 0 aliphatic heterocycles. The number of benzene rings is 2. The molecule has 0 saturated heterocycles. The van der Waals surface area contributed by atoms with Gasteiger partial charge in [0.25, 0.3) is 5.91 Å². The third-order valence-electron chi connectivity index (χ3n) is 3.48. The van der Waals surface area contributed by atoms with Crippen LogP contribution in [0.25, 0.3) is 0 Å². The Morgan fingerprint density at radius 3 is 2.50 bits per heavy atom. The van der Waals surface area contributed by atoms with Gasteiger partial charge in [-0.25, -0.2) is 4.68 Å². The Kier molecular flexibility index (Phi) is 4.59. The van der Waals surface area contributed by atoms with Gasteiger partial charge in [0.2, 0.25) is 0 Å². The van der Waals surface area contributed by atoms with Gasteiger partial charge in [-0.2, -0.15) is 10.4 Å². The average molecular weight is 337 g/mol. The summed E-state index contributed by atoms with van der Waals surface area (Å²) >= 11 is 5.88. The lowest BCUT2D eigenvalue weighted by atomic mass is 10.1. The Labute approximate surface area is 144 Å². The second-order valence-electron chi connectivity index (χ2n) is 5.14. The molecular formula is C18H13ClN4O. The number of carbonyl (C=O) groups excluding carboxylic acids is 1. The quantitative estimate of drug-likeness (QED) is 0.789. The lowest BCUT2D eigenvalue weighted by molar-refractivity contribution is 0.102. The fourth-order valence-electron chi connectivity index (χ4n) is 2.21. The zero-order valence-electron chi connectivity index (χ0n) is 12.6. The number of nitrogens with zero attached hydrogens (tertiary/aromatic N) is 3. The zero-order valence-corrected chi connectivity index (χ0v) is 13.4. The summed E-state index contributed by atoms with van der Waals surface area (Å²) in [6, 6.07) is 17.7. The van der Waals surface area contributed by atoms with E-state index in [0.29, 0.717) is 28.5 Å². The van der Waals surface area contributed by atoms with Crippen LogP contribution in [0, 0.1) is 11.3 Å². The number of nitriles is 1. The van der Waals surface area contributed by atoms with E-state index in [0.717, 1.165) is 5.56 Å². The summed E-state index contributed by atoms with van der Waals surface area (Å²) < 4.78 is 1.70. The zero-order chi connectivity index (χ0) is 16.9. The highest BCUT2D eigenvalue weighted by Gasteiger charge is 2.10. The van der Waals surface area contributed by atoms with E-state index in [1.54, 1.807) is 41.2 Å². The van der Waals surface area contributed by atoms with Crippen LogP contribution in [0.5, 0.6) is 0 Å². The summed E-state index contributed by atoms with van der Waals surface area (Å²) in [6.45, 7) is 0.521. The third-order valence-corrected chi connectivity index (χ3v) is 3.73. The maximum Gasteiger partial charge on any atom is 0.256 e. The summed E-state index contributed by atoms with van der Waals surface area (Å²) in [5, 5.41) is 16.5. The molecule has 0 radical (unpaired) electrons. The van der Waals surface area contributed by atoms with Gasteiger partial charge in [-0.15, -0.1) is 0 Å². The number of halogens is 1. The van der Waals surface area contributed by atoms with Crippen molar-refractivity contribution in [3.63, 3.8) is 0 Å². The van der Waals surface area contributed by atoms with Crippen LogP contribution in [0.1, 0.15) is 21.5 Å². The minimum absolute atomic E-state index is 0.252. The van der Waals surface area contributed by atoms with Crippen molar-refractivity contribution in [1.82, 2.24) is 9.78 Å². The summed E-state index contributed by atoms with van der Waals surface area (Å²) in [6.07, 6.45) is 1.63. The lowest BCUT2D eigenvalue weighted by Crippen LogP contribution is -2.16. The van der Waals surface area contributed by atoms with Gasteiger partial charge in [-0.3, -0.25) is 4.79 Å². The van der Waals surface area contributed by atoms with Gasteiger partial charge in [0, 0.05) is 16.7 Å². The molecule has 6 heteroatoms. The van der Waals surface area contributed by atoms with E-state index in [1.807, 2.05) is 30.3 Å². The first-order valence-electron chi connectivity index (χ1n) is 7.23. The normalized spacial score (nSPS) is 10.2. The Morgan fingerprint density at radius 2 is 1.83 bits per heavy atom. The summed E-state index contributed by atoms with van der Waals surface area (Å²) in [4.78, 5) is 12.3. The first-order chi connectivity index (χ1) is 11.7. The van der Waals surface area contributed by atoms with Crippen LogP contribution in [-0.2, 0) is 6.54 Å². The van der Waals surface area contributed by atoms with E-state index >= 15 is 0 Å². The van der Waals surface area contributed by atoms with Crippen molar-refractivity contribution < 1.29 is 4.79 Å². The number of carbonyl (C=O) groups is 1. The topological polar surface area (TPSA) is 70.7 Å². The van der Waals surface area contributed by atoms with Gasteiger partial charge in [0.1, 0.15) is 5.82 Å². The second-order valence-corrected chi connectivity index (χ2v) is 5.58. The predicted octanol–water partition coefficient (Wildman–Crippen LogP) is 3.71. The van der Waals surface area contributed by atoms with Crippen molar-refractivity contribution in [2.24, 2.45) is 0 Å². The first kappa shape index (κ1) is 15.8. The van der Waals surface area contributed by atoms with Crippen LogP contribution in [0.4, 0.5) is 5.82 Å². The summed E-state index contributed by atoms with van der Waals surface area (Å²) in [7, 11) is 0. The number of nitrogens with one attached hydrogen (secondary N) is 1. The molecule has 1 amide bonds. The maximum absolute atomic E-state index is 12.3. The third kappa shape index (κ3) is 3.62. The van der Waals surface area contributed by atoms with Gasteiger partial charge in [0.05, 0.1) is 24.4 Å². The van der Waals surface area contributed by atoms with Crippen LogP contribution < -0.4 is 5.32 Å². The molecule has 5 nitrogen and oxygen atoms in total. The molecule has 118 valence electrons. The van der Waals surface area contributed by atoms with Gasteiger partial charge in [-0.05, 0) is 42.0 Å². The van der Waals surface area contributed by atoms with Crippen LogP contribution in [0.2, 0.25) is 5.02 Å². The lowest BCUT2D eigenvalue weighted by Gasteiger charge is -2.09. The Bertz CT molecular complexity index is 892. The number of rotatable bonds is 4. The number of hydrogen-bond acceptors (Lipinski definition) is 3. The number of anilines is 1. The largest absolute Gasteiger partial charge is 0.307 e. The van der Waals surface area contributed by atoms with Crippen LogP contribution in [-0.4, -0.2) is 15.7 Å². The van der Waals surface area contributed by atoms with Crippen molar-refractivity contribution in [3.8, 4) is 6.07 Å². The van der Waals surface area contributed by atoms with E-state index in [4.69, 9.17) is 16.9 Å². The van der Waals surface area contributed by atoms with Crippen molar-refractivity contribution in [2.75, 3.05) is 5.32 Å². The van der Waals surface area contributed by atoms with Crippen LogP contribution in [0.3, 0.4) is 0 Å². The van der Waals surface area contributed by atoms with E-state index in [9.17, 15) is 4.79 Å². The van der Waals surface area contributed by atoms with E-state index in [1.165, 1.54) is 0 Å². The highest BCUT2D eigenvalue weighted by Crippen LogP contribution is 2.14. The van der Waals surface area contributed by atoms with Crippen LogP contribution >= 0.6 is 11.6 Å². The minimum atomic E-state index is -0.252. The van der Waals surface area contributed by atoms with Crippen LogP contribution in [0.15, 0.2) is 60.8 Å². The molecule has 3 rings (SSSR count). The summed E-state index contributed by atoms with van der Waals surface area (Å²) in [5.41, 5.74) is 2.02. The van der Waals surface area contributed by atoms with E-state index in [-0.39, 0.29) is 5.91 Å². The molecule has 0 spiro atoms.